The fourth-order valence-electron chi connectivity index (χ4n) is 1.20. The summed E-state index contributed by atoms with van der Waals surface area (Å²) < 4.78 is 27.3. The predicted octanol–water partition coefficient (Wildman–Crippen LogP) is -0.481. The van der Waals surface area contributed by atoms with E-state index >= 15 is 0 Å². The second kappa shape index (κ2) is 5.00. The largest absolute Gasteiger partial charge is 0.386 e. The van der Waals surface area contributed by atoms with Crippen molar-refractivity contribution >= 4 is 15.9 Å². The number of imidazole rings is 1. The molecular weight excluding hydrogens is 266 g/mol. The highest BCUT2D eigenvalue weighted by Gasteiger charge is 2.25. The Morgan fingerprint density at radius 1 is 1.67 bits per heavy atom. The van der Waals surface area contributed by atoms with E-state index in [0.717, 1.165) is 12.5 Å². The van der Waals surface area contributed by atoms with Gasteiger partial charge in [0.2, 0.25) is 6.33 Å². The SMILES string of the molecule is CC(O)(COS(C)(=O)=O)Cn1cnc([N+](=O)[O-])c1. The molecule has 0 saturated heterocycles. The summed E-state index contributed by atoms with van der Waals surface area (Å²) in [5.41, 5.74) is -1.49. The molecule has 0 saturated carbocycles. The quantitative estimate of drug-likeness (QED) is 0.423. The molecule has 0 spiro atoms. The zero-order valence-corrected chi connectivity index (χ0v) is 10.6. The van der Waals surface area contributed by atoms with Gasteiger partial charge in [0.25, 0.3) is 10.1 Å². The van der Waals surface area contributed by atoms with Crippen LogP contribution in [0.1, 0.15) is 6.92 Å². The van der Waals surface area contributed by atoms with Gasteiger partial charge in [0.1, 0.15) is 11.8 Å². The fraction of sp³-hybridized carbons (Fsp3) is 0.625. The van der Waals surface area contributed by atoms with E-state index in [1.807, 2.05) is 0 Å². The monoisotopic (exact) mass is 279 g/mol. The fourth-order valence-corrected chi connectivity index (χ4v) is 1.67. The highest BCUT2D eigenvalue weighted by Crippen LogP contribution is 2.12. The summed E-state index contributed by atoms with van der Waals surface area (Å²) >= 11 is 0. The van der Waals surface area contributed by atoms with Crippen LogP contribution in [0.2, 0.25) is 0 Å². The molecule has 0 aliphatic carbocycles. The van der Waals surface area contributed by atoms with Crippen molar-refractivity contribution in [2.75, 3.05) is 12.9 Å². The Balaban J connectivity index is 2.66. The van der Waals surface area contributed by atoms with Gasteiger partial charge in [0.05, 0.1) is 19.4 Å². The Kier molecular flexibility index (Phi) is 4.04. The first-order valence-corrected chi connectivity index (χ1v) is 6.64. The molecule has 1 atom stereocenters. The minimum atomic E-state index is -3.65. The smallest absolute Gasteiger partial charge is 0.381 e. The maximum atomic E-state index is 10.8. The third kappa shape index (κ3) is 4.77. The topological polar surface area (TPSA) is 125 Å². The van der Waals surface area contributed by atoms with Crippen LogP contribution in [0.4, 0.5) is 5.82 Å². The van der Waals surface area contributed by atoms with Gasteiger partial charge in [-0.2, -0.15) is 8.42 Å². The minimum absolute atomic E-state index is 0.0800. The molecule has 0 aromatic carbocycles. The molecule has 1 aromatic heterocycles. The standard InChI is InChI=1S/C8H13N3O6S/c1-8(12,5-17-18(2,15)16)4-10-3-7(9-6-10)11(13)14/h3,6,12H,4-5H2,1-2H3. The lowest BCUT2D eigenvalue weighted by Gasteiger charge is -2.21. The zero-order chi connectivity index (χ0) is 14.0. The van der Waals surface area contributed by atoms with Crippen LogP contribution in [0.3, 0.4) is 0 Å². The second-order valence-electron chi connectivity index (χ2n) is 4.12. The maximum absolute atomic E-state index is 10.8. The van der Waals surface area contributed by atoms with Crippen molar-refractivity contribution in [3.8, 4) is 0 Å². The van der Waals surface area contributed by atoms with Gasteiger partial charge in [-0.3, -0.25) is 4.18 Å². The van der Waals surface area contributed by atoms with Crippen LogP contribution in [0.5, 0.6) is 0 Å². The van der Waals surface area contributed by atoms with Crippen LogP contribution in [0, 0.1) is 10.1 Å². The average molecular weight is 279 g/mol. The van der Waals surface area contributed by atoms with E-state index in [1.165, 1.54) is 17.8 Å². The van der Waals surface area contributed by atoms with E-state index in [1.54, 1.807) is 0 Å². The third-order valence-corrected chi connectivity index (χ3v) is 2.46. The number of nitro groups is 1. The molecule has 0 aliphatic heterocycles. The number of hydrogen-bond donors (Lipinski definition) is 1. The average Bonchev–Trinajstić information content (AvgIpc) is 2.62. The Bertz CT molecular complexity index is 535. The third-order valence-electron chi connectivity index (χ3n) is 1.91. The maximum Gasteiger partial charge on any atom is 0.381 e. The number of aromatic nitrogens is 2. The Labute approximate surface area is 103 Å². The summed E-state index contributed by atoms with van der Waals surface area (Å²) in [5.74, 6) is -0.352. The normalized spacial score (nSPS) is 15.3. The Morgan fingerprint density at radius 3 is 2.72 bits per heavy atom. The first kappa shape index (κ1) is 14.5. The summed E-state index contributed by atoms with van der Waals surface area (Å²) in [6.07, 6.45) is 3.17. The highest BCUT2D eigenvalue weighted by atomic mass is 32.2. The van der Waals surface area contributed by atoms with Crippen molar-refractivity contribution in [2.45, 2.75) is 19.1 Å². The molecule has 1 aromatic rings. The predicted molar refractivity (Wildman–Crippen MR) is 60.3 cm³/mol. The van der Waals surface area contributed by atoms with Crippen molar-refractivity contribution in [1.82, 2.24) is 9.55 Å². The molecule has 10 heteroatoms. The molecule has 1 rings (SSSR count). The molecule has 1 heterocycles. The summed E-state index contributed by atoms with van der Waals surface area (Å²) in [6.45, 7) is 0.825. The van der Waals surface area contributed by atoms with E-state index in [2.05, 4.69) is 9.17 Å². The van der Waals surface area contributed by atoms with Gasteiger partial charge in [-0.1, -0.05) is 0 Å². The lowest BCUT2D eigenvalue weighted by Crippen LogP contribution is -2.36. The van der Waals surface area contributed by atoms with Gasteiger partial charge in [0, 0.05) is 0 Å². The lowest BCUT2D eigenvalue weighted by atomic mass is 10.1. The van der Waals surface area contributed by atoms with Gasteiger partial charge in [0.15, 0.2) is 0 Å². The molecular formula is C8H13N3O6S. The first-order valence-electron chi connectivity index (χ1n) is 4.82. The number of nitrogens with zero attached hydrogens (tertiary/aromatic N) is 3. The minimum Gasteiger partial charge on any atom is -0.386 e. The van der Waals surface area contributed by atoms with Crippen molar-refractivity contribution in [3.63, 3.8) is 0 Å². The number of hydrogen-bond acceptors (Lipinski definition) is 7. The molecule has 1 unspecified atom stereocenters. The van der Waals surface area contributed by atoms with Crippen molar-refractivity contribution < 1.29 is 22.6 Å². The summed E-state index contributed by atoms with van der Waals surface area (Å²) in [6, 6.07) is 0. The molecule has 102 valence electrons. The Morgan fingerprint density at radius 2 is 2.28 bits per heavy atom. The zero-order valence-electron chi connectivity index (χ0n) is 9.81. The van der Waals surface area contributed by atoms with E-state index in [0.29, 0.717) is 0 Å². The van der Waals surface area contributed by atoms with Gasteiger partial charge in [-0.05, 0) is 16.8 Å². The van der Waals surface area contributed by atoms with E-state index in [-0.39, 0.29) is 12.4 Å². The molecule has 0 amide bonds. The Hall–Kier alpha value is -1.52. The van der Waals surface area contributed by atoms with E-state index in [4.69, 9.17) is 0 Å². The molecule has 9 nitrogen and oxygen atoms in total. The van der Waals surface area contributed by atoms with Gasteiger partial charge >= 0.3 is 5.82 Å². The van der Waals surface area contributed by atoms with Crippen LogP contribution in [0.25, 0.3) is 0 Å². The first-order chi connectivity index (χ1) is 8.09. The number of aliphatic hydroxyl groups is 1. The van der Waals surface area contributed by atoms with E-state index in [9.17, 15) is 23.6 Å². The molecule has 0 radical (unpaired) electrons. The van der Waals surface area contributed by atoms with E-state index < -0.39 is 27.2 Å². The van der Waals surface area contributed by atoms with Gasteiger partial charge in [-0.25, -0.2) is 0 Å². The summed E-state index contributed by atoms with van der Waals surface area (Å²) in [7, 11) is -3.65. The molecule has 0 fully saturated rings. The molecule has 18 heavy (non-hydrogen) atoms. The highest BCUT2D eigenvalue weighted by molar-refractivity contribution is 7.85. The second-order valence-corrected chi connectivity index (χ2v) is 5.77. The summed E-state index contributed by atoms with van der Waals surface area (Å²) in [4.78, 5) is 13.2. The van der Waals surface area contributed by atoms with Crippen LogP contribution >= 0.6 is 0 Å². The lowest BCUT2D eigenvalue weighted by molar-refractivity contribution is -0.389. The van der Waals surface area contributed by atoms with Crippen LogP contribution in [0.15, 0.2) is 12.5 Å². The van der Waals surface area contributed by atoms with Crippen molar-refractivity contribution in [2.24, 2.45) is 0 Å². The molecule has 1 N–H and O–H groups in total. The number of rotatable bonds is 6. The van der Waals surface area contributed by atoms with Crippen molar-refractivity contribution in [1.29, 1.82) is 0 Å². The van der Waals surface area contributed by atoms with Gasteiger partial charge < -0.3 is 19.8 Å². The van der Waals surface area contributed by atoms with Crippen molar-refractivity contribution in [3.05, 3.63) is 22.6 Å². The van der Waals surface area contributed by atoms with Gasteiger partial charge in [-0.15, -0.1) is 0 Å². The molecule has 0 aliphatic rings. The molecule has 0 bridgehead atoms. The van der Waals surface area contributed by atoms with Crippen LogP contribution < -0.4 is 0 Å². The summed E-state index contributed by atoms with van der Waals surface area (Å²) in [5, 5.41) is 20.3. The van der Waals surface area contributed by atoms with Crippen LogP contribution in [-0.2, 0) is 20.8 Å². The van der Waals surface area contributed by atoms with Crippen LogP contribution in [-0.4, -0.2) is 46.5 Å².